The number of carbonyl (C=O) groups excluding carboxylic acids is 1. The van der Waals surface area contributed by atoms with Crippen molar-refractivity contribution in [3.63, 3.8) is 0 Å². The van der Waals surface area contributed by atoms with Gasteiger partial charge in [-0.3, -0.25) is 4.90 Å². The van der Waals surface area contributed by atoms with E-state index >= 15 is 0 Å². The van der Waals surface area contributed by atoms with Crippen LogP contribution in [0.3, 0.4) is 0 Å². The highest BCUT2D eigenvalue weighted by Crippen LogP contribution is 2.39. The number of carbonyl (C=O) groups is 1. The summed E-state index contributed by atoms with van der Waals surface area (Å²) >= 11 is 3.64. The molecule has 230 valence electrons. The predicted molar refractivity (Wildman–Crippen MR) is 176 cm³/mol. The number of methoxy groups -OCH3 is 2. The largest absolute Gasteiger partial charge is 0.493 e. The Morgan fingerprint density at radius 1 is 0.977 bits per heavy atom. The highest BCUT2D eigenvalue weighted by molar-refractivity contribution is 9.10. The van der Waals surface area contributed by atoms with E-state index < -0.39 is 6.03 Å². The molecule has 4 aromatic rings. The van der Waals surface area contributed by atoms with E-state index in [0.717, 1.165) is 50.1 Å². The second-order valence-corrected chi connectivity index (χ2v) is 12.2. The number of benzene rings is 3. The molecule has 44 heavy (non-hydrogen) atoms. The Kier molecular flexibility index (Phi) is 9.09. The lowest BCUT2D eigenvalue weighted by Crippen LogP contribution is -2.33. The molecule has 0 bridgehead atoms. The maximum absolute atomic E-state index is 12.6. The van der Waals surface area contributed by atoms with E-state index in [1.54, 1.807) is 14.2 Å². The zero-order chi connectivity index (χ0) is 30.6. The summed E-state index contributed by atoms with van der Waals surface area (Å²) in [5.74, 6) is 2.11. The fourth-order valence-corrected chi connectivity index (χ4v) is 6.56. The molecule has 6 rings (SSSR count). The van der Waals surface area contributed by atoms with E-state index in [1.807, 2.05) is 36.4 Å². The molecule has 2 aliphatic heterocycles. The maximum atomic E-state index is 12.6. The van der Waals surface area contributed by atoms with E-state index in [0.29, 0.717) is 31.1 Å². The predicted octanol–water partition coefficient (Wildman–Crippen LogP) is 6.56. The summed E-state index contributed by atoms with van der Waals surface area (Å²) in [5.41, 5.74) is 10.7. The first-order valence-corrected chi connectivity index (χ1v) is 15.8. The van der Waals surface area contributed by atoms with Gasteiger partial charge in [-0.2, -0.15) is 5.10 Å². The lowest BCUT2D eigenvalue weighted by atomic mass is 9.98. The molecular weight excluding hydrogens is 622 g/mol. The molecule has 2 aliphatic rings. The van der Waals surface area contributed by atoms with Crippen LogP contribution in [0.5, 0.6) is 17.2 Å². The van der Waals surface area contributed by atoms with Crippen molar-refractivity contribution in [1.82, 2.24) is 14.5 Å². The van der Waals surface area contributed by atoms with Crippen molar-refractivity contribution in [2.75, 3.05) is 40.5 Å². The van der Waals surface area contributed by atoms with Crippen molar-refractivity contribution in [3.8, 4) is 17.2 Å². The van der Waals surface area contributed by atoms with Crippen LogP contribution in [0.15, 0.2) is 76.4 Å². The first-order valence-electron chi connectivity index (χ1n) is 15.0. The number of piperidine rings is 1. The molecular formula is C34H38BrN5O4. The number of rotatable bonds is 10. The molecule has 0 radical (unpaired) electrons. The molecule has 3 aromatic carbocycles. The highest BCUT2D eigenvalue weighted by atomic mass is 79.9. The number of halogens is 1. The number of nitrogens with zero attached hydrogens (tertiary/aromatic N) is 4. The van der Waals surface area contributed by atoms with Crippen LogP contribution in [0.25, 0.3) is 10.9 Å². The molecule has 1 aromatic heterocycles. The molecule has 1 unspecified atom stereocenters. The van der Waals surface area contributed by atoms with Crippen molar-refractivity contribution in [2.24, 2.45) is 10.8 Å². The number of hydrazone groups is 1. The minimum absolute atomic E-state index is 0.357. The van der Waals surface area contributed by atoms with Gasteiger partial charge in [-0.1, -0.05) is 34.5 Å². The molecule has 1 fully saturated rings. The lowest BCUT2D eigenvalue weighted by Gasteiger charge is -2.26. The van der Waals surface area contributed by atoms with Gasteiger partial charge >= 0.3 is 6.03 Å². The van der Waals surface area contributed by atoms with Crippen LogP contribution in [-0.4, -0.2) is 66.7 Å². The first-order chi connectivity index (χ1) is 21.4. The SMILES string of the molecule is COc1ccc(C2=NN(C(N)=O)C(c3cn(Cc4ccc(OCCN5CCCCC5)cc4)c4ccc(Br)cc34)C2)cc1OC. The van der Waals surface area contributed by atoms with Crippen molar-refractivity contribution < 1.29 is 19.0 Å². The highest BCUT2D eigenvalue weighted by Gasteiger charge is 2.34. The fraction of sp³-hybridized carbons (Fsp3) is 0.353. The van der Waals surface area contributed by atoms with Gasteiger partial charge in [0.25, 0.3) is 0 Å². The number of urea groups is 1. The molecule has 3 heterocycles. The van der Waals surface area contributed by atoms with Gasteiger partial charge < -0.3 is 24.5 Å². The van der Waals surface area contributed by atoms with Crippen molar-refractivity contribution in [1.29, 1.82) is 0 Å². The quantitative estimate of drug-likeness (QED) is 0.208. The van der Waals surface area contributed by atoms with Crippen LogP contribution in [0, 0.1) is 0 Å². The summed E-state index contributed by atoms with van der Waals surface area (Å²) < 4.78 is 20.1. The Bertz CT molecular complexity index is 1660. The second kappa shape index (κ2) is 13.3. The summed E-state index contributed by atoms with van der Waals surface area (Å²) in [5, 5.41) is 7.10. The Labute approximate surface area is 266 Å². The topological polar surface area (TPSA) is 94.5 Å². The lowest BCUT2D eigenvalue weighted by molar-refractivity contribution is 0.183. The monoisotopic (exact) mass is 659 g/mol. The average Bonchev–Trinajstić information content (AvgIpc) is 3.64. The van der Waals surface area contributed by atoms with E-state index in [-0.39, 0.29) is 6.04 Å². The van der Waals surface area contributed by atoms with Gasteiger partial charge in [0.1, 0.15) is 12.4 Å². The number of nitrogens with two attached hydrogens (primary N) is 1. The third kappa shape index (κ3) is 6.42. The van der Waals surface area contributed by atoms with Crippen LogP contribution in [0.4, 0.5) is 4.79 Å². The minimum atomic E-state index is -0.600. The van der Waals surface area contributed by atoms with E-state index in [4.69, 9.17) is 19.9 Å². The number of ether oxygens (including phenoxy) is 3. The minimum Gasteiger partial charge on any atom is -0.493 e. The van der Waals surface area contributed by atoms with Crippen LogP contribution >= 0.6 is 15.9 Å². The molecule has 10 heteroatoms. The summed E-state index contributed by atoms with van der Waals surface area (Å²) in [7, 11) is 3.20. The Morgan fingerprint density at radius 2 is 1.75 bits per heavy atom. The van der Waals surface area contributed by atoms with E-state index in [1.165, 1.54) is 37.4 Å². The summed E-state index contributed by atoms with van der Waals surface area (Å²) in [6.07, 6.45) is 6.54. The number of aromatic nitrogens is 1. The van der Waals surface area contributed by atoms with Gasteiger partial charge in [0.15, 0.2) is 11.5 Å². The molecule has 2 amide bonds. The normalized spacial score (nSPS) is 17.1. The summed E-state index contributed by atoms with van der Waals surface area (Å²) in [6, 6.07) is 19.2. The number of hydrogen-bond donors (Lipinski definition) is 1. The first kappa shape index (κ1) is 30.0. The van der Waals surface area contributed by atoms with Gasteiger partial charge in [-0.15, -0.1) is 0 Å². The van der Waals surface area contributed by atoms with Gasteiger partial charge in [0, 0.05) is 52.2 Å². The van der Waals surface area contributed by atoms with Crippen molar-refractivity contribution in [3.05, 3.63) is 88.0 Å². The molecule has 0 saturated carbocycles. The molecule has 0 aliphatic carbocycles. The van der Waals surface area contributed by atoms with Gasteiger partial charge in [0.05, 0.1) is 26.0 Å². The molecule has 9 nitrogen and oxygen atoms in total. The van der Waals surface area contributed by atoms with Gasteiger partial charge in [0.2, 0.25) is 0 Å². The van der Waals surface area contributed by atoms with Crippen molar-refractivity contribution >= 4 is 38.6 Å². The Morgan fingerprint density at radius 3 is 2.48 bits per heavy atom. The van der Waals surface area contributed by atoms with Gasteiger partial charge in [-0.05, 0) is 80.0 Å². The number of fused-ring (bicyclic) bond motifs is 1. The van der Waals surface area contributed by atoms with E-state index in [2.05, 4.69) is 61.0 Å². The van der Waals surface area contributed by atoms with Crippen LogP contribution in [0.1, 0.15) is 48.4 Å². The van der Waals surface area contributed by atoms with Crippen molar-refractivity contribution in [2.45, 2.75) is 38.3 Å². The standard InChI is InChI=1S/C34H38BrN5O4/c1-42-32-13-8-24(18-33(32)43-2)29-20-31(40(37-29)34(36)41)28-22-39(30-12-9-25(35)19-27(28)30)21-23-6-10-26(11-7-23)44-17-16-38-14-4-3-5-15-38/h6-13,18-19,22,31H,3-5,14-17,20-21H2,1-2H3,(H2,36,41). The molecule has 1 saturated heterocycles. The zero-order valence-electron chi connectivity index (χ0n) is 25.2. The van der Waals surface area contributed by atoms with Crippen LogP contribution in [0.2, 0.25) is 0 Å². The third-order valence-corrected chi connectivity index (χ3v) is 8.98. The Balaban J connectivity index is 1.23. The molecule has 0 spiro atoms. The third-order valence-electron chi connectivity index (χ3n) is 8.49. The van der Waals surface area contributed by atoms with Crippen LogP contribution < -0.4 is 19.9 Å². The Hall–Kier alpha value is -4.02. The molecule has 1 atom stereocenters. The average molecular weight is 661 g/mol. The number of hydrogen-bond acceptors (Lipinski definition) is 6. The smallest absolute Gasteiger partial charge is 0.335 e. The van der Waals surface area contributed by atoms with E-state index in [9.17, 15) is 4.79 Å². The second-order valence-electron chi connectivity index (χ2n) is 11.3. The summed E-state index contributed by atoms with van der Waals surface area (Å²) in [4.78, 5) is 15.1. The molecule has 2 N–H and O–H groups in total. The maximum Gasteiger partial charge on any atom is 0.335 e. The number of primary amides is 1. The fourth-order valence-electron chi connectivity index (χ4n) is 6.20. The van der Waals surface area contributed by atoms with Gasteiger partial charge in [-0.25, -0.2) is 9.80 Å². The van der Waals surface area contributed by atoms with Crippen LogP contribution in [-0.2, 0) is 6.54 Å². The number of amides is 2. The zero-order valence-corrected chi connectivity index (χ0v) is 26.8. The summed E-state index contributed by atoms with van der Waals surface area (Å²) in [6.45, 7) is 4.68. The number of likely N-dealkylation sites (tertiary alicyclic amines) is 1.